The maximum atomic E-state index is 12.4. The first-order valence-corrected chi connectivity index (χ1v) is 9.57. The van der Waals surface area contributed by atoms with Gasteiger partial charge in [-0.3, -0.25) is 14.5 Å². The lowest BCUT2D eigenvalue weighted by Crippen LogP contribution is -2.48. The zero-order valence-electron chi connectivity index (χ0n) is 15.6. The van der Waals surface area contributed by atoms with E-state index >= 15 is 0 Å². The molecule has 0 bridgehead atoms. The van der Waals surface area contributed by atoms with Gasteiger partial charge in [-0.1, -0.05) is 12.1 Å². The van der Waals surface area contributed by atoms with Crippen LogP contribution in [0.25, 0.3) is 0 Å². The summed E-state index contributed by atoms with van der Waals surface area (Å²) in [6, 6.07) is 8.58. The number of aryl methyl sites for hydroxylation is 1. The Morgan fingerprint density at radius 2 is 1.92 bits per heavy atom. The van der Waals surface area contributed by atoms with Crippen LogP contribution in [-0.2, 0) is 9.59 Å². The third-order valence-electron chi connectivity index (χ3n) is 5.50. The average Bonchev–Trinajstić information content (AvgIpc) is 2.66. The van der Waals surface area contributed by atoms with Crippen LogP contribution in [0.1, 0.15) is 24.8 Å². The molecule has 26 heavy (non-hydrogen) atoms. The van der Waals surface area contributed by atoms with Crippen molar-refractivity contribution in [3.05, 3.63) is 29.8 Å². The number of aliphatic carboxylic acids is 1. The van der Waals surface area contributed by atoms with Crippen LogP contribution in [0.5, 0.6) is 0 Å². The lowest BCUT2D eigenvalue weighted by Gasteiger charge is -2.37. The number of piperazine rings is 1. The Bertz CT molecular complexity index is 641. The fourth-order valence-electron chi connectivity index (χ4n) is 3.87. The molecule has 0 aliphatic carbocycles. The average molecular weight is 359 g/mol. The molecule has 142 valence electrons. The minimum Gasteiger partial charge on any atom is -0.481 e. The number of carbonyl (C=O) groups excluding carboxylic acids is 1. The van der Waals surface area contributed by atoms with Crippen molar-refractivity contribution in [1.29, 1.82) is 0 Å². The topological polar surface area (TPSA) is 64.1 Å². The van der Waals surface area contributed by atoms with Crippen LogP contribution in [0.3, 0.4) is 0 Å². The van der Waals surface area contributed by atoms with Crippen LogP contribution in [-0.4, -0.2) is 72.6 Å². The molecule has 2 aliphatic rings. The Morgan fingerprint density at radius 1 is 1.15 bits per heavy atom. The molecule has 0 saturated carbocycles. The first-order valence-electron chi connectivity index (χ1n) is 9.57. The van der Waals surface area contributed by atoms with Crippen molar-refractivity contribution in [1.82, 2.24) is 9.80 Å². The minimum absolute atomic E-state index is 0.0945. The number of carbonyl (C=O) groups is 2. The lowest BCUT2D eigenvalue weighted by molar-refractivity contribution is -0.145. The summed E-state index contributed by atoms with van der Waals surface area (Å²) < 4.78 is 0. The van der Waals surface area contributed by atoms with E-state index in [2.05, 4.69) is 41.0 Å². The quantitative estimate of drug-likeness (QED) is 0.869. The van der Waals surface area contributed by atoms with Crippen molar-refractivity contribution in [2.45, 2.75) is 26.2 Å². The summed E-state index contributed by atoms with van der Waals surface area (Å²) in [4.78, 5) is 30.0. The van der Waals surface area contributed by atoms with E-state index in [-0.39, 0.29) is 5.91 Å². The van der Waals surface area contributed by atoms with Crippen molar-refractivity contribution in [2.75, 3.05) is 50.7 Å². The van der Waals surface area contributed by atoms with E-state index in [0.29, 0.717) is 25.9 Å². The van der Waals surface area contributed by atoms with Gasteiger partial charge in [0.05, 0.1) is 5.92 Å². The van der Waals surface area contributed by atoms with Gasteiger partial charge in [0.15, 0.2) is 0 Å². The van der Waals surface area contributed by atoms with Crippen molar-refractivity contribution < 1.29 is 14.7 Å². The maximum Gasteiger partial charge on any atom is 0.308 e. The van der Waals surface area contributed by atoms with E-state index in [1.807, 2.05) is 0 Å². The second kappa shape index (κ2) is 8.54. The molecule has 6 nitrogen and oxygen atoms in total. The molecule has 1 amide bonds. The first kappa shape index (κ1) is 18.7. The van der Waals surface area contributed by atoms with Gasteiger partial charge in [-0.25, -0.2) is 0 Å². The standard InChI is InChI=1S/C20H29N3O3/c1-16-4-2-6-18(14-16)22-12-10-21(11-13-22)9-7-19(24)23-8-3-5-17(15-23)20(25)26/h2,4,6,14,17H,3,5,7-13,15H2,1H3,(H,25,26). The number of carboxylic acid groups (broad SMARTS) is 1. The molecule has 0 radical (unpaired) electrons. The second-order valence-electron chi connectivity index (χ2n) is 7.43. The highest BCUT2D eigenvalue weighted by atomic mass is 16.4. The monoisotopic (exact) mass is 359 g/mol. The summed E-state index contributed by atoms with van der Waals surface area (Å²) in [5.41, 5.74) is 2.55. The molecular weight excluding hydrogens is 330 g/mol. The molecule has 6 heteroatoms. The van der Waals surface area contributed by atoms with Crippen LogP contribution in [0.15, 0.2) is 24.3 Å². The fraction of sp³-hybridized carbons (Fsp3) is 0.600. The predicted octanol–water partition coefficient (Wildman–Crippen LogP) is 1.83. The number of likely N-dealkylation sites (tertiary alicyclic amines) is 1. The zero-order valence-corrected chi connectivity index (χ0v) is 15.6. The van der Waals surface area contributed by atoms with Crippen LogP contribution in [0, 0.1) is 12.8 Å². The molecule has 2 saturated heterocycles. The smallest absolute Gasteiger partial charge is 0.308 e. The van der Waals surface area contributed by atoms with Gasteiger partial charge < -0.3 is 14.9 Å². The fourth-order valence-corrected chi connectivity index (χ4v) is 3.87. The van der Waals surface area contributed by atoms with Gasteiger partial charge in [-0.15, -0.1) is 0 Å². The second-order valence-corrected chi connectivity index (χ2v) is 7.43. The van der Waals surface area contributed by atoms with E-state index in [4.69, 9.17) is 5.11 Å². The molecule has 0 aromatic heterocycles. The summed E-state index contributed by atoms with van der Waals surface area (Å²) in [5, 5.41) is 9.16. The maximum absolute atomic E-state index is 12.4. The summed E-state index contributed by atoms with van der Waals surface area (Å²) in [5.74, 6) is -1.09. The third-order valence-corrected chi connectivity index (χ3v) is 5.50. The summed E-state index contributed by atoms with van der Waals surface area (Å²) in [6.07, 6.45) is 1.95. The number of rotatable bonds is 5. The van der Waals surface area contributed by atoms with Crippen molar-refractivity contribution >= 4 is 17.6 Å². The highest BCUT2D eigenvalue weighted by Gasteiger charge is 2.28. The van der Waals surface area contributed by atoms with Gasteiger partial charge in [-0.2, -0.15) is 0 Å². The van der Waals surface area contributed by atoms with Gasteiger partial charge in [-0.05, 0) is 37.5 Å². The predicted molar refractivity (Wildman–Crippen MR) is 101 cm³/mol. The van der Waals surface area contributed by atoms with Crippen LogP contribution >= 0.6 is 0 Å². The lowest BCUT2D eigenvalue weighted by atomic mass is 9.98. The summed E-state index contributed by atoms with van der Waals surface area (Å²) in [7, 11) is 0. The van der Waals surface area contributed by atoms with Crippen LogP contribution in [0.4, 0.5) is 5.69 Å². The molecule has 1 atom stereocenters. The number of carboxylic acids is 1. The van der Waals surface area contributed by atoms with Crippen molar-refractivity contribution in [3.63, 3.8) is 0 Å². The molecule has 1 aromatic carbocycles. The number of hydrogen-bond donors (Lipinski definition) is 1. The summed E-state index contributed by atoms with van der Waals surface area (Å²) >= 11 is 0. The van der Waals surface area contributed by atoms with E-state index in [0.717, 1.165) is 39.1 Å². The van der Waals surface area contributed by atoms with E-state index in [1.54, 1.807) is 4.90 Å². The number of piperidine rings is 1. The van der Waals surface area contributed by atoms with Gasteiger partial charge in [0.2, 0.25) is 5.91 Å². The Morgan fingerprint density at radius 3 is 2.62 bits per heavy atom. The Balaban J connectivity index is 1.42. The number of benzene rings is 1. The van der Waals surface area contributed by atoms with E-state index < -0.39 is 11.9 Å². The Hall–Kier alpha value is -2.08. The molecule has 3 rings (SSSR count). The van der Waals surface area contributed by atoms with Gasteiger partial charge >= 0.3 is 5.97 Å². The molecule has 2 fully saturated rings. The van der Waals surface area contributed by atoms with Gasteiger partial charge in [0.25, 0.3) is 0 Å². The Labute approximate surface area is 155 Å². The molecule has 2 aliphatic heterocycles. The Kier molecular flexibility index (Phi) is 6.14. The SMILES string of the molecule is Cc1cccc(N2CCN(CCC(=O)N3CCCC(C(=O)O)C3)CC2)c1. The van der Waals surface area contributed by atoms with Gasteiger partial charge in [0.1, 0.15) is 0 Å². The zero-order chi connectivity index (χ0) is 18.5. The molecule has 0 spiro atoms. The highest BCUT2D eigenvalue weighted by molar-refractivity contribution is 5.78. The number of hydrogen-bond acceptors (Lipinski definition) is 4. The number of anilines is 1. The normalized spacial score (nSPS) is 21.7. The molecular formula is C20H29N3O3. The van der Waals surface area contributed by atoms with Crippen LogP contribution < -0.4 is 4.90 Å². The third kappa shape index (κ3) is 4.75. The highest BCUT2D eigenvalue weighted by Crippen LogP contribution is 2.19. The minimum atomic E-state index is -0.783. The van der Waals surface area contributed by atoms with Crippen LogP contribution in [0.2, 0.25) is 0 Å². The summed E-state index contributed by atoms with van der Waals surface area (Å²) in [6.45, 7) is 7.80. The van der Waals surface area contributed by atoms with Gasteiger partial charge in [0, 0.05) is 57.9 Å². The van der Waals surface area contributed by atoms with E-state index in [1.165, 1.54) is 11.3 Å². The van der Waals surface area contributed by atoms with Crippen molar-refractivity contribution in [3.8, 4) is 0 Å². The number of amides is 1. The van der Waals surface area contributed by atoms with E-state index in [9.17, 15) is 9.59 Å². The molecule has 2 heterocycles. The largest absolute Gasteiger partial charge is 0.481 e. The number of nitrogens with zero attached hydrogens (tertiary/aromatic N) is 3. The molecule has 1 aromatic rings. The van der Waals surface area contributed by atoms with Crippen molar-refractivity contribution in [2.24, 2.45) is 5.92 Å². The first-order chi connectivity index (χ1) is 12.5. The molecule has 1 N–H and O–H groups in total. The molecule has 1 unspecified atom stereocenters.